The molecule has 4 rings (SSSR count). The summed E-state index contributed by atoms with van der Waals surface area (Å²) >= 11 is 0. The molecule has 0 radical (unpaired) electrons. The number of hydrogen-bond acceptors (Lipinski definition) is 4. The summed E-state index contributed by atoms with van der Waals surface area (Å²) < 4.78 is 0. The van der Waals surface area contributed by atoms with Gasteiger partial charge in [0.05, 0.1) is 6.04 Å². The first-order chi connectivity index (χ1) is 18.0. The second-order valence-corrected chi connectivity index (χ2v) is 9.60. The largest absolute Gasteiger partial charge is 0.339 e. The van der Waals surface area contributed by atoms with Crippen LogP contribution in [0.1, 0.15) is 53.9 Å². The molecule has 0 spiro atoms. The topological polar surface area (TPSA) is 55.9 Å². The lowest BCUT2D eigenvalue weighted by atomic mass is 9.95. The van der Waals surface area contributed by atoms with Gasteiger partial charge in [0.25, 0.3) is 5.91 Å². The quantitative estimate of drug-likeness (QED) is 0.449. The van der Waals surface area contributed by atoms with E-state index in [2.05, 4.69) is 69.7 Å². The Labute approximate surface area is 220 Å². The van der Waals surface area contributed by atoms with Crippen molar-refractivity contribution < 1.29 is 9.59 Å². The summed E-state index contributed by atoms with van der Waals surface area (Å²) in [5, 5.41) is 2.86. The van der Waals surface area contributed by atoms with Crippen LogP contribution in [0.2, 0.25) is 0 Å². The summed E-state index contributed by atoms with van der Waals surface area (Å²) in [5.41, 5.74) is 5.20. The lowest BCUT2D eigenvalue weighted by Crippen LogP contribution is -2.47. The van der Waals surface area contributed by atoms with E-state index in [0.717, 1.165) is 44.0 Å². The molecule has 6 nitrogen and oxygen atoms in total. The van der Waals surface area contributed by atoms with Crippen molar-refractivity contribution in [2.75, 3.05) is 44.6 Å². The van der Waals surface area contributed by atoms with Crippen LogP contribution in [0.15, 0.2) is 78.9 Å². The van der Waals surface area contributed by atoms with E-state index in [1.807, 2.05) is 43.0 Å². The molecule has 0 unspecified atom stereocenters. The van der Waals surface area contributed by atoms with E-state index < -0.39 is 0 Å². The van der Waals surface area contributed by atoms with Crippen molar-refractivity contribution in [3.05, 3.63) is 101 Å². The Morgan fingerprint density at radius 1 is 0.811 bits per heavy atom. The Morgan fingerprint density at radius 3 is 1.92 bits per heavy atom. The van der Waals surface area contributed by atoms with Crippen LogP contribution in [0.25, 0.3) is 0 Å². The summed E-state index contributed by atoms with van der Waals surface area (Å²) in [7, 11) is 0. The van der Waals surface area contributed by atoms with Crippen LogP contribution in [-0.2, 0) is 11.3 Å². The van der Waals surface area contributed by atoms with Gasteiger partial charge >= 0.3 is 0 Å². The molecule has 6 heteroatoms. The van der Waals surface area contributed by atoms with E-state index >= 15 is 0 Å². The summed E-state index contributed by atoms with van der Waals surface area (Å²) in [6, 6.07) is 26.9. The molecule has 1 heterocycles. The standard InChI is InChI=1S/C31H38N4O2/c1-4-34(5-2)31(37)28-13-11-26(12-14-28)30(27-15-17-29(18-16-27)32-24(3)36)35-21-19-33(20-22-35)23-25-9-7-6-8-10-25/h6-18,30H,4-5,19-23H2,1-3H3,(H,32,36)/t30-/m0/s1. The highest BCUT2D eigenvalue weighted by atomic mass is 16.2. The average Bonchev–Trinajstić information content (AvgIpc) is 2.92. The fraction of sp³-hybridized carbons (Fsp3) is 0.355. The number of piperazine rings is 1. The molecule has 0 bridgehead atoms. The van der Waals surface area contributed by atoms with Crippen LogP contribution >= 0.6 is 0 Å². The van der Waals surface area contributed by atoms with Crippen LogP contribution in [0.4, 0.5) is 5.69 Å². The Bertz CT molecular complexity index is 1150. The fourth-order valence-electron chi connectivity index (χ4n) is 5.09. The molecule has 37 heavy (non-hydrogen) atoms. The minimum Gasteiger partial charge on any atom is -0.339 e. The van der Waals surface area contributed by atoms with Crippen LogP contribution in [0.5, 0.6) is 0 Å². The number of nitrogens with one attached hydrogen (secondary N) is 1. The van der Waals surface area contributed by atoms with Gasteiger partial charge in [-0.15, -0.1) is 0 Å². The normalized spacial score (nSPS) is 15.2. The van der Waals surface area contributed by atoms with Gasteiger partial charge in [-0.25, -0.2) is 0 Å². The van der Waals surface area contributed by atoms with Crippen molar-refractivity contribution in [3.8, 4) is 0 Å². The maximum Gasteiger partial charge on any atom is 0.253 e. The van der Waals surface area contributed by atoms with E-state index in [9.17, 15) is 9.59 Å². The Kier molecular flexibility index (Phi) is 9.09. The van der Waals surface area contributed by atoms with E-state index in [-0.39, 0.29) is 17.9 Å². The zero-order valence-electron chi connectivity index (χ0n) is 22.2. The molecule has 1 saturated heterocycles. The van der Waals surface area contributed by atoms with Gasteiger partial charge < -0.3 is 10.2 Å². The highest BCUT2D eigenvalue weighted by Gasteiger charge is 2.27. The average molecular weight is 499 g/mol. The molecule has 0 saturated carbocycles. The summed E-state index contributed by atoms with van der Waals surface area (Å²) in [5.74, 6) is -0.00502. The zero-order valence-corrected chi connectivity index (χ0v) is 22.2. The van der Waals surface area contributed by atoms with E-state index in [1.54, 1.807) is 0 Å². The maximum absolute atomic E-state index is 12.8. The number of benzene rings is 3. The van der Waals surface area contributed by atoms with Crippen LogP contribution in [-0.4, -0.2) is 65.8 Å². The van der Waals surface area contributed by atoms with Crippen molar-refractivity contribution >= 4 is 17.5 Å². The van der Waals surface area contributed by atoms with Crippen molar-refractivity contribution in [1.82, 2.24) is 14.7 Å². The first-order valence-corrected chi connectivity index (χ1v) is 13.3. The summed E-state index contributed by atoms with van der Waals surface area (Å²) in [6.45, 7) is 11.8. The van der Waals surface area contributed by atoms with Crippen molar-refractivity contribution in [1.29, 1.82) is 0 Å². The Hall–Kier alpha value is -3.48. The van der Waals surface area contributed by atoms with Gasteiger partial charge in [-0.1, -0.05) is 54.6 Å². The lowest BCUT2D eigenvalue weighted by Gasteiger charge is -2.40. The number of amides is 2. The number of anilines is 1. The summed E-state index contributed by atoms with van der Waals surface area (Å²) in [4.78, 5) is 31.2. The summed E-state index contributed by atoms with van der Waals surface area (Å²) in [6.07, 6.45) is 0. The minimum absolute atomic E-state index is 0.0716. The molecule has 194 valence electrons. The number of rotatable bonds is 9. The minimum atomic E-state index is -0.0766. The smallest absolute Gasteiger partial charge is 0.253 e. The molecular formula is C31H38N4O2. The fourth-order valence-corrected chi connectivity index (χ4v) is 5.09. The third-order valence-corrected chi connectivity index (χ3v) is 7.09. The van der Waals surface area contributed by atoms with Crippen molar-refractivity contribution in [3.63, 3.8) is 0 Å². The molecule has 1 aliphatic heterocycles. The third-order valence-electron chi connectivity index (χ3n) is 7.09. The molecule has 1 fully saturated rings. The van der Waals surface area contributed by atoms with E-state index in [0.29, 0.717) is 13.1 Å². The van der Waals surface area contributed by atoms with Crippen LogP contribution in [0.3, 0.4) is 0 Å². The lowest BCUT2D eigenvalue weighted by molar-refractivity contribution is -0.114. The monoisotopic (exact) mass is 498 g/mol. The second-order valence-electron chi connectivity index (χ2n) is 9.60. The molecule has 1 atom stereocenters. The van der Waals surface area contributed by atoms with E-state index in [4.69, 9.17) is 0 Å². The van der Waals surface area contributed by atoms with Crippen molar-refractivity contribution in [2.45, 2.75) is 33.4 Å². The molecule has 0 aromatic heterocycles. The van der Waals surface area contributed by atoms with Crippen molar-refractivity contribution in [2.24, 2.45) is 0 Å². The molecule has 3 aromatic carbocycles. The molecular weight excluding hydrogens is 460 g/mol. The van der Waals surface area contributed by atoms with E-state index in [1.165, 1.54) is 23.6 Å². The zero-order chi connectivity index (χ0) is 26.2. The molecule has 1 aliphatic rings. The third kappa shape index (κ3) is 6.85. The Balaban J connectivity index is 1.55. The molecule has 0 aliphatic carbocycles. The molecule has 2 amide bonds. The number of carbonyl (C=O) groups is 2. The molecule has 3 aromatic rings. The van der Waals surface area contributed by atoms with Gasteiger partial charge in [-0.05, 0) is 54.8 Å². The highest BCUT2D eigenvalue weighted by Crippen LogP contribution is 2.31. The maximum atomic E-state index is 12.8. The SMILES string of the molecule is CCN(CC)C(=O)c1ccc([C@@H](c2ccc(NC(C)=O)cc2)N2CCN(Cc3ccccc3)CC2)cc1. The highest BCUT2D eigenvalue weighted by molar-refractivity contribution is 5.94. The predicted octanol–water partition coefficient (Wildman–Crippen LogP) is 5.03. The second kappa shape index (κ2) is 12.7. The molecule has 1 N–H and O–H groups in total. The van der Waals surface area contributed by atoms with Crippen LogP contribution in [0, 0.1) is 0 Å². The van der Waals surface area contributed by atoms with Gasteiger partial charge in [-0.2, -0.15) is 0 Å². The predicted molar refractivity (Wildman–Crippen MR) is 150 cm³/mol. The first kappa shape index (κ1) is 26.6. The van der Waals surface area contributed by atoms with Gasteiger partial charge in [0.1, 0.15) is 0 Å². The van der Waals surface area contributed by atoms with Gasteiger partial charge in [0, 0.05) is 64.0 Å². The van der Waals surface area contributed by atoms with Gasteiger partial charge in [0.2, 0.25) is 5.91 Å². The van der Waals surface area contributed by atoms with Crippen LogP contribution < -0.4 is 5.32 Å². The number of hydrogen-bond donors (Lipinski definition) is 1. The Morgan fingerprint density at radius 2 is 1.38 bits per heavy atom. The number of carbonyl (C=O) groups excluding carboxylic acids is 2. The first-order valence-electron chi connectivity index (χ1n) is 13.3. The van der Waals surface area contributed by atoms with Gasteiger partial charge in [0.15, 0.2) is 0 Å². The van der Waals surface area contributed by atoms with Gasteiger partial charge in [-0.3, -0.25) is 19.4 Å². The number of nitrogens with zero attached hydrogens (tertiary/aromatic N) is 3.